The van der Waals surface area contributed by atoms with E-state index in [0.717, 1.165) is 98.2 Å². The van der Waals surface area contributed by atoms with Gasteiger partial charge in [0.25, 0.3) is 0 Å². The summed E-state index contributed by atoms with van der Waals surface area (Å²) in [5.74, 6) is 1.62. The average molecular weight is 571 g/mol. The van der Waals surface area contributed by atoms with Crippen LogP contribution < -0.4 is 14.5 Å². The molecule has 3 atom stereocenters. The Balaban J connectivity index is 1.21. The maximum Gasteiger partial charge on any atom is 0.318 e. The highest BCUT2D eigenvalue weighted by Crippen LogP contribution is 2.41. The van der Waals surface area contributed by atoms with Gasteiger partial charge < -0.3 is 19.6 Å². The number of alkyl halides is 1. The number of phenolic OH excluding ortho intramolecular Hbond substituents is 1. The topological polar surface area (TPSA) is 88.8 Å². The smallest absolute Gasteiger partial charge is 0.318 e. The van der Waals surface area contributed by atoms with Gasteiger partial charge in [-0.15, -0.1) is 0 Å². The zero-order valence-corrected chi connectivity index (χ0v) is 24.1. The summed E-state index contributed by atoms with van der Waals surface area (Å²) in [5, 5.41) is 21.9. The van der Waals surface area contributed by atoms with Gasteiger partial charge in [0.15, 0.2) is 0 Å². The highest BCUT2D eigenvalue weighted by molar-refractivity contribution is 5.95. The fourth-order valence-corrected chi connectivity index (χ4v) is 7.81. The average Bonchev–Trinajstić information content (AvgIpc) is 3.41. The number of hydrogen-bond donors (Lipinski definition) is 1. The van der Waals surface area contributed by atoms with Crippen LogP contribution in [0.1, 0.15) is 56.2 Å². The molecule has 1 unspecified atom stereocenters. The van der Waals surface area contributed by atoms with Crippen LogP contribution in [0.2, 0.25) is 0 Å². The SMILES string of the molecule is N#CCC1CCCN(c2nc(OC[C@@]34CCCN3C[C@H](F)C4)nc3c2CCN(c2cc(O)cc4ccccc24)C3)CC1. The van der Waals surface area contributed by atoms with Crippen molar-refractivity contribution in [3.8, 4) is 17.8 Å². The van der Waals surface area contributed by atoms with Crippen LogP contribution in [-0.4, -0.2) is 71.0 Å². The number of anilines is 2. The second-order valence-electron chi connectivity index (χ2n) is 12.6. The first kappa shape index (κ1) is 27.2. The van der Waals surface area contributed by atoms with Crippen LogP contribution in [0.15, 0.2) is 36.4 Å². The molecular weight excluding hydrogens is 531 g/mol. The number of ether oxygens (including phenoxy) is 1. The van der Waals surface area contributed by atoms with Crippen LogP contribution >= 0.6 is 0 Å². The van der Waals surface area contributed by atoms with Crippen LogP contribution in [0, 0.1) is 17.2 Å². The predicted octanol–water partition coefficient (Wildman–Crippen LogP) is 5.37. The van der Waals surface area contributed by atoms with Crippen molar-refractivity contribution in [1.29, 1.82) is 5.26 Å². The van der Waals surface area contributed by atoms with Crippen LogP contribution in [0.4, 0.5) is 15.9 Å². The molecule has 0 spiro atoms. The summed E-state index contributed by atoms with van der Waals surface area (Å²) in [5.41, 5.74) is 2.83. The predicted molar refractivity (Wildman–Crippen MR) is 161 cm³/mol. The molecule has 7 rings (SSSR count). The first-order valence-corrected chi connectivity index (χ1v) is 15.5. The van der Waals surface area contributed by atoms with Gasteiger partial charge in [-0.25, -0.2) is 4.39 Å². The summed E-state index contributed by atoms with van der Waals surface area (Å²) >= 11 is 0. The molecule has 3 saturated heterocycles. The third kappa shape index (κ3) is 5.11. The molecule has 9 heteroatoms. The van der Waals surface area contributed by atoms with E-state index in [1.165, 1.54) is 0 Å². The van der Waals surface area contributed by atoms with Crippen molar-refractivity contribution in [3.63, 3.8) is 0 Å². The van der Waals surface area contributed by atoms with Crippen molar-refractivity contribution in [2.75, 3.05) is 49.1 Å². The van der Waals surface area contributed by atoms with Crippen LogP contribution in [0.25, 0.3) is 10.8 Å². The quantitative estimate of drug-likeness (QED) is 0.423. The number of rotatable bonds is 6. The third-order valence-corrected chi connectivity index (χ3v) is 9.95. The summed E-state index contributed by atoms with van der Waals surface area (Å²) in [7, 11) is 0. The number of fused-ring (bicyclic) bond motifs is 3. The number of aromatic nitrogens is 2. The molecule has 0 aliphatic carbocycles. The Bertz CT molecular complexity index is 1510. The monoisotopic (exact) mass is 570 g/mol. The summed E-state index contributed by atoms with van der Waals surface area (Å²) in [6, 6.07) is 14.5. The molecule has 5 heterocycles. The second kappa shape index (κ2) is 11.2. The van der Waals surface area contributed by atoms with Crippen LogP contribution in [-0.2, 0) is 13.0 Å². The molecule has 3 aromatic rings. The molecule has 0 amide bonds. The molecule has 1 N–H and O–H groups in total. The van der Waals surface area contributed by atoms with Gasteiger partial charge in [0.1, 0.15) is 24.3 Å². The molecule has 1 aromatic heterocycles. The van der Waals surface area contributed by atoms with Gasteiger partial charge in [0.05, 0.1) is 23.8 Å². The van der Waals surface area contributed by atoms with E-state index in [4.69, 9.17) is 14.7 Å². The fourth-order valence-electron chi connectivity index (χ4n) is 7.81. The standard InChI is InChI=1S/C33H39FN6O2/c34-25-19-33(11-4-14-40(33)20-25)22-42-32-36-29-21-39(30-18-26(41)17-24-6-1-2-7-27(24)30)16-10-28(29)31(37-32)38-13-3-5-23(8-12-35)9-15-38/h1-2,6-7,17-18,23,25,41H,3-5,8-11,13-16,19-22H2/t23?,25-,33+/m1/s1. The van der Waals surface area contributed by atoms with E-state index >= 15 is 0 Å². The normalized spacial score (nSPS) is 26.1. The first-order chi connectivity index (χ1) is 20.5. The van der Waals surface area contributed by atoms with E-state index in [9.17, 15) is 14.8 Å². The molecule has 4 aliphatic rings. The first-order valence-electron chi connectivity index (χ1n) is 15.5. The Morgan fingerprint density at radius 3 is 2.88 bits per heavy atom. The van der Waals surface area contributed by atoms with Gasteiger partial charge >= 0.3 is 6.01 Å². The molecule has 0 saturated carbocycles. The lowest BCUT2D eigenvalue weighted by atomic mass is 9.95. The molecular formula is C33H39FN6O2. The van der Waals surface area contributed by atoms with Crippen molar-refractivity contribution in [3.05, 3.63) is 47.7 Å². The lowest BCUT2D eigenvalue weighted by Gasteiger charge is -2.34. The van der Waals surface area contributed by atoms with Crippen molar-refractivity contribution in [2.24, 2.45) is 5.92 Å². The molecule has 0 bridgehead atoms. The zero-order valence-electron chi connectivity index (χ0n) is 24.1. The minimum atomic E-state index is -0.807. The van der Waals surface area contributed by atoms with E-state index in [0.29, 0.717) is 44.5 Å². The Kier molecular flexibility index (Phi) is 7.27. The maximum absolute atomic E-state index is 14.4. The number of hydrogen-bond acceptors (Lipinski definition) is 8. The van der Waals surface area contributed by atoms with Gasteiger partial charge in [-0.05, 0) is 62.4 Å². The summed E-state index contributed by atoms with van der Waals surface area (Å²) in [4.78, 5) is 16.9. The Morgan fingerprint density at radius 2 is 1.98 bits per heavy atom. The number of nitriles is 1. The van der Waals surface area contributed by atoms with E-state index < -0.39 is 6.17 Å². The van der Waals surface area contributed by atoms with Crippen LogP contribution in [0.5, 0.6) is 11.8 Å². The molecule has 0 radical (unpaired) electrons. The van der Waals surface area contributed by atoms with E-state index in [2.05, 4.69) is 26.8 Å². The largest absolute Gasteiger partial charge is 0.508 e. The minimum Gasteiger partial charge on any atom is -0.508 e. The van der Waals surface area contributed by atoms with Gasteiger partial charge in [-0.1, -0.05) is 24.3 Å². The number of benzene rings is 2. The summed E-state index contributed by atoms with van der Waals surface area (Å²) in [6.45, 7) is 4.94. The Morgan fingerprint density at radius 1 is 1.07 bits per heavy atom. The molecule has 2 aromatic carbocycles. The third-order valence-electron chi connectivity index (χ3n) is 9.95. The number of phenols is 1. The molecule has 4 aliphatic heterocycles. The lowest BCUT2D eigenvalue weighted by molar-refractivity contribution is 0.107. The number of aromatic hydroxyl groups is 1. The highest BCUT2D eigenvalue weighted by Gasteiger charge is 2.49. The van der Waals surface area contributed by atoms with E-state index in [1.54, 1.807) is 6.07 Å². The van der Waals surface area contributed by atoms with Gasteiger partial charge in [-0.3, -0.25) is 4.90 Å². The highest BCUT2D eigenvalue weighted by atomic mass is 19.1. The molecule has 42 heavy (non-hydrogen) atoms. The molecule has 220 valence electrons. The maximum atomic E-state index is 14.4. The number of halogens is 1. The summed E-state index contributed by atoms with van der Waals surface area (Å²) < 4.78 is 20.8. The lowest BCUT2D eigenvalue weighted by Crippen LogP contribution is -2.43. The van der Waals surface area contributed by atoms with Crippen molar-refractivity contribution in [2.45, 2.75) is 69.6 Å². The Hall–Kier alpha value is -3.64. The van der Waals surface area contributed by atoms with Crippen molar-refractivity contribution >= 4 is 22.3 Å². The van der Waals surface area contributed by atoms with Gasteiger partial charge in [0.2, 0.25) is 0 Å². The van der Waals surface area contributed by atoms with Crippen LogP contribution in [0.3, 0.4) is 0 Å². The molecule has 3 fully saturated rings. The van der Waals surface area contributed by atoms with E-state index in [1.807, 2.05) is 24.3 Å². The van der Waals surface area contributed by atoms with Gasteiger partial charge in [0, 0.05) is 61.7 Å². The van der Waals surface area contributed by atoms with Crippen molar-refractivity contribution < 1.29 is 14.2 Å². The van der Waals surface area contributed by atoms with Gasteiger partial charge in [-0.2, -0.15) is 15.2 Å². The number of nitrogens with zero attached hydrogens (tertiary/aromatic N) is 6. The molecule has 8 nitrogen and oxygen atoms in total. The summed E-state index contributed by atoms with van der Waals surface area (Å²) in [6.07, 6.45) is 6.15. The van der Waals surface area contributed by atoms with Crippen molar-refractivity contribution in [1.82, 2.24) is 14.9 Å². The van der Waals surface area contributed by atoms with E-state index in [-0.39, 0.29) is 11.3 Å². The fraction of sp³-hybridized carbons (Fsp3) is 0.545. The second-order valence-corrected chi connectivity index (χ2v) is 12.6. The minimum absolute atomic E-state index is 0.251. The Labute approximate surface area is 246 Å². The zero-order chi connectivity index (χ0) is 28.7.